The molecule has 218 valence electrons. The number of carbonyl (C=O) groups excluding carboxylic acids is 2. The summed E-state index contributed by atoms with van der Waals surface area (Å²) in [6, 6.07) is 17.4. The summed E-state index contributed by atoms with van der Waals surface area (Å²) in [6.45, 7) is 8.99. The fraction of sp³-hybridized carbons (Fsp3) is 0.424. The van der Waals surface area contributed by atoms with Gasteiger partial charge in [0, 0.05) is 29.4 Å². The van der Waals surface area contributed by atoms with Gasteiger partial charge in [0.2, 0.25) is 5.91 Å². The van der Waals surface area contributed by atoms with Gasteiger partial charge in [-0.25, -0.2) is 4.98 Å². The Kier molecular flexibility index (Phi) is 10.6. The number of aromatic nitrogens is 2. The summed E-state index contributed by atoms with van der Waals surface area (Å²) in [4.78, 5) is 32.8. The maximum Gasteiger partial charge on any atom is 0.252 e. The second-order valence-corrected chi connectivity index (χ2v) is 11.9. The Hall–Kier alpha value is -3.65. The van der Waals surface area contributed by atoms with E-state index in [-0.39, 0.29) is 17.7 Å². The molecule has 0 aliphatic rings. The van der Waals surface area contributed by atoms with Crippen molar-refractivity contribution >= 4 is 34.2 Å². The predicted molar refractivity (Wildman–Crippen MR) is 167 cm³/mol. The molecule has 4 aromatic rings. The van der Waals surface area contributed by atoms with Crippen LogP contribution in [0.4, 0.5) is 0 Å². The smallest absolute Gasteiger partial charge is 0.252 e. The standard InChI is InChI=1S/C33H42N4O3S/c1-6-25(7-2)37-30-15-12-24(20-28(30)35-31(37)21-27-9-8-18-41-27)32(38)36-29(19-22(3)4)33(39)34-17-16-23-10-13-26(40-5)14-11-23/h8-15,18,20,22,25,29H,6-7,16-17,19,21H2,1-5H3,(H,34,39)(H,36,38)/t29-/m0/s1. The van der Waals surface area contributed by atoms with Crippen LogP contribution in [0.25, 0.3) is 11.0 Å². The molecule has 4 rings (SSSR count). The van der Waals surface area contributed by atoms with E-state index < -0.39 is 6.04 Å². The molecule has 2 aromatic carbocycles. The van der Waals surface area contributed by atoms with Gasteiger partial charge in [-0.3, -0.25) is 9.59 Å². The Morgan fingerprint density at radius 1 is 1.05 bits per heavy atom. The maximum absolute atomic E-state index is 13.4. The molecule has 8 heteroatoms. The van der Waals surface area contributed by atoms with E-state index >= 15 is 0 Å². The van der Waals surface area contributed by atoms with Gasteiger partial charge in [0.25, 0.3) is 5.91 Å². The molecule has 0 unspecified atom stereocenters. The van der Waals surface area contributed by atoms with Crippen molar-refractivity contribution in [2.45, 2.75) is 71.9 Å². The van der Waals surface area contributed by atoms with E-state index in [1.807, 2.05) is 42.5 Å². The third-order valence-corrected chi connectivity index (χ3v) is 8.32. The zero-order chi connectivity index (χ0) is 29.4. The lowest BCUT2D eigenvalue weighted by atomic mass is 10.0. The van der Waals surface area contributed by atoms with Gasteiger partial charge >= 0.3 is 0 Å². The molecular formula is C33H42N4O3S. The SMILES string of the molecule is CCC(CC)n1c(Cc2cccs2)nc2cc(C(=O)N[C@@H](CC(C)C)C(=O)NCCc3ccc(OC)cc3)ccc21. The normalized spacial score (nSPS) is 12.2. The lowest BCUT2D eigenvalue weighted by molar-refractivity contribution is -0.123. The first kappa shape index (κ1) is 30.3. The number of hydrogen-bond acceptors (Lipinski definition) is 5. The van der Waals surface area contributed by atoms with Crippen LogP contribution in [0.3, 0.4) is 0 Å². The van der Waals surface area contributed by atoms with Gasteiger partial charge in [0.1, 0.15) is 17.6 Å². The average molecular weight is 575 g/mol. The summed E-state index contributed by atoms with van der Waals surface area (Å²) in [5.74, 6) is 1.63. The van der Waals surface area contributed by atoms with E-state index in [0.29, 0.717) is 31.0 Å². The van der Waals surface area contributed by atoms with E-state index in [1.54, 1.807) is 18.4 Å². The minimum atomic E-state index is -0.620. The highest BCUT2D eigenvalue weighted by Gasteiger charge is 2.24. The van der Waals surface area contributed by atoms with Crippen LogP contribution in [-0.2, 0) is 17.6 Å². The van der Waals surface area contributed by atoms with Gasteiger partial charge < -0.3 is 19.9 Å². The molecule has 0 bridgehead atoms. The Labute approximate surface area is 247 Å². The summed E-state index contributed by atoms with van der Waals surface area (Å²) in [7, 11) is 1.64. The number of fused-ring (bicyclic) bond motifs is 1. The van der Waals surface area contributed by atoms with Crippen molar-refractivity contribution in [2.75, 3.05) is 13.7 Å². The summed E-state index contributed by atoms with van der Waals surface area (Å²) >= 11 is 1.73. The zero-order valence-electron chi connectivity index (χ0n) is 24.8. The van der Waals surface area contributed by atoms with E-state index in [9.17, 15) is 9.59 Å². The average Bonchev–Trinajstić information content (AvgIpc) is 3.61. The number of hydrogen-bond donors (Lipinski definition) is 2. The van der Waals surface area contributed by atoms with Gasteiger partial charge in [-0.1, -0.05) is 45.9 Å². The van der Waals surface area contributed by atoms with Crippen molar-refractivity contribution < 1.29 is 14.3 Å². The van der Waals surface area contributed by atoms with Crippen molar-refractivity contribution in [2.24, 2.45) is 5.92 Å². The van der Waals surface area contributed by atoms with Gasteiger partial charge in [0.05, 0.1) is 18.1 Å². The van der Waals surface area contributed by atoms with Crippen molar-refractivity contribution in [1.29, 1.82) is 0 Å². The van der Waals surface area contributed by atoms with Crippen LogP contribution in [0.5, 0.6) is 5.75 Å². The monoisotopic (exact) mass is 574 g/mol. The summed E-state index contributed by atoms with van der Waals surface area (Å²) in [6.07, 6.45) is 4.02. The first-order valence-corrected chi connectivity index (χ1v) is 15.5. The molecule has 7 nitrogen and oxygen atoms in total. The third kappa shape index (κ3) is 7.76. The maximum atomic E-state index is 13.4. The summed E-state index contributed by atoms with van der Waals surface area (Å²) in [5, 5.41) is 8.09. The van der Waals surface area contributed by atoms with Crippen molar-refractivity contribution in [3.8, 4) is 5.75 Å². The van der Waals surface area contributed by atoms with Crippen LogP contribution in [0, 0.1) is 5.92 Å². The van der Waals surface area contributed by atoms with E-state index in [0.717, 1.165) is 47.4 Å². The molecule has 2 heterocycles. The van der Waals surface area contributed by atoms with Gasteiger partial charge in [0.15, 0.2) is 0 Å². The molecule has 1 atom stereocenters. The number of nitrogens with zero attached hydrogens (tertiary/aromatic N) is 2. The molecule has 2 amide bonds. The number of thiophene rings is 1. The lowest BCUT2D eigenvalue weighted by Crippen LogP contribution is -2.47. The van der Waals surface area contributed by atoms with Crippen LogP contribution in [0.2, 0.25) is 0 Å². The molecule has 0 spiro atoms. The molecule has 0 aliphatic carbocycles. The van der Waals surface area contributed by atoms with E-state index in [4.69, 9.17) is 9.72 Å². The minimum Gasteiger partial charge on any atom is -0.497 e. The Morgan fingerprint density at radius 3 is 2.44 bits per heavy atom. The number of nitrogens with one attached hydrogen (secondary N) is 2. The zero-order valence-corrected chi connectivity index (χ0v) is 25.6. The van der Waals surface area contributed by atoms with E-state index in [1.165, 1.54) is 4.88 Å². The van der Waals surface area contributed by atoms with Crippen LogP contribution in [-0.4, -0.2) is 41.1 Å². The van der Waals surface area contributed by atoms with Crippen molar-refractivity contribution in [3.63, 3.8) is 0 Å². The molecule has 0 radical (unpaired) electrons. The number of carbonyl (C=O) groups is 2. The molecule has 0 saturated carbocycles. The molecular weight excluding hydrogens is 532 g/mol. The quantitative estimate of drug-likeness (QED) is 0.179. The molecule has 0 aliphatic heterocycles. The molecule has 2 N–H and O–H groups in total. The van der Waals surface area contributed by atoms with Crippen LogP contribution in [0.15, 0.2) is 60.0 Å². The number of methoxy groups -OCH3 is 1. The lowest BCUT2D eigenvalue weighted by Gasteiger charge is -2.20. The van der Waals surface area contributed by atoms with Gasteiger partial charge in [-0.2, -0.15) is 0 Å². The minimum absolute atomic E-state index is 0.169. The highest BCUT2D eigenvalue weighted by atomic mass is 32.1. The van der Waals surface area contributed by atoms with Gasteiger partial charge in [-0.05, 0) is 78.9 Å². The van der Waals surface area contributed by atoms with Crippen molar-refractivity contribution in [3.05, 3.63) is 81.8 Å². The number of imidazole rings is 1. The number of amides is 2. The number of benzene rings is 2. The van der Waals surface area contributed by atoms with Crippen LogP contribution in [0.1, 0.15) is 79.6 Å². The predicted octanol–water partition coefficient (Wildman–Crippen LogP) is 6.56. The Balaban J connectivity index is 1.49. The molecule has 2 aromatic heterocycles. The first-order chi connectivity index (χ1) is 19.8. The largest absolute Gasteiger partial charge is 0.497 e. The molecule has 0 saturated heterocycles. The van der Waals surface area contributed by atoms with E-state index in [2.05, 4.69) is 60.4 Å². The first-order valence-electron chi connectivity index (χ1n) is 14.6. The topological polar surface area (TPSA) is 85.2 Å². The molecule has 0 fully saturated rings. The number of ether oxygens (including phenoxy) is 1. The second-order valence-electron chi connectivity index (χ2n) is 10.9. The Bertz CT molecular complexity index is 1420. The highest BCUT2D eigenvalue weighted by molar-refractivity contribution is 7.09. The third-order valence-electron chi connectivity index (χ3n) is 7.45. The summed E-state index contributed by atoms with van der Waals surface area (Å²) in [5.41, 5.74) is 3.46. The van der Waals surface area contributed by atoms with Crippen LogP contribution >= 0.6 is 11.3 Å². The van der Waals surface area contributed by atoms with Gasteiger partial charge in [-0.15, -0.1) is 11.3 Å². The Morgan fingerprint density at radius 2 is 1.80 bits per heavy atom. The fourth-order valence-electron chi connectivity index (χ4n) is 5.23. The highest BCUT2D eigenvalue weighted by Crippen LogP contribution is 2.28. The fourth-order valence-corrected chi connectivity index (χ4v) is 5.94. The summed E-state index contributed by atoms with van der Waals surface area (Å²) < 4.78 is 7.55. The van der Waals surface area contributed by atoms with Crippen LogP contribution < -0.4 is 15.4 Å². The number of rotatable bonds is 14. The second kappa shape index (κ2) is 14.3. The van der Waals surface area contributed by atoms with Crippen molar-refractivity contribution in [1.82, 2.24) is 20.2 Å². The molecule has 41 heavy (non-hydrogen) atoms.